The maximum atomic E-state index is 13.4. The third-order valence-corrected chi connectivity index (χ3v) is 8.89. The summed E-state index contributed by atoms with van der Waals surface area (Å²) in [4.78, 5) is 15.3. The molecule has 1 N–H and O–H groups in total. The van der Waals surface area contributed by atoms with Crippen molar-refractivity contribution in [3.63, 3.8) is 0 Å². The lowest BCUT2D eigenvalue weighted by molar-refractivity contribution is 0.103. The molecule has 0 radical (unpaired) electrons. The number of anilines is 1. The molecule has 1 saturated heterocycles. The number of rotatable bonds is 5. The van der Waals surface area contributed by atoms with E-state index in [1.165, 1.54) is 28.6 Å². The Bertz CT molecular complexity index is 1220. The summed E-state index contributed by atoms with van der Waals surface area (Å²) < 4.78 is 41.3. The van der Waals surface area contributed by atoms with Crippen molar-refractivity contribution >= 4 is 54.6 Å². The van der Waals surface area contributed by atoms with Crippen LogP contribution in [0.4, 0.5) is 10.1 Å². The summed E-state index contributed by atoms with van der Waals surface area (Å²) in [5.41, 5.74) is 0.444. The van der Waals surface area contributed by atoms with Gasteiger partial charge < -0.3 is 10.2 Å². The van der Waals surface area contributed by atoms with E-state index in [-0.39, 0.29) is 14.8 Å². The highest BCUT2D eigenvalue weighted by molar-refractivity contribution is 7.89. The van der Waals surface area contributed by atoms with E-state index in [4.69, 9.17) is 11.6 Å². The molecule has 1 aromatic heterocycles. The molecule has 1 amide bonds. The third kappa shape index (κ3) is 4.47. The number of nitrogens with one attached hydrogen (secondary N) is 1. The van der Waals surface area contributed by atoms with Gasteiger partial charge in [-0.1, -0.05) is 18.5 Å². The van der Waals surface area contributed by atoms with Gasteiger partial charge in [-0.3, -0.25) is 4.79 Å². The van der Waals surface area contributed by atoms with Gasteiger partial charge >= 0.3 is 0 Å². The van der Waals surface area contributed by atoms with Crippen molar-refractivity contribution in [1.82, 2.24) is 9.21 Å². The second kappa shape index (κ2) is 8.84. The van der Waals surface area contributed by atoms with Crippen LogP contribution in [0.3, 0.4) is 0 Å². The number of hydrogen-bond acceptors (Lipinski definition) is 5. The zero-order chi connectivity index (χ0) is 22.2. The largest absolute Gasteiger partial charge is 0.321 e. The molecule has 0 aliphatic carbocycles. The first kappa shape index (κ1) is 22.2. The number of likely N-dealkylation sites (N-methyl/N-ethyl adjacent to an activating group) is 1. The Kier molecular flexibility index (Phi) is 6.32. The number of halogens is 2. The summed E-state index contributed by atoms with van der Waals surface area (Å²) in [6.45, 7) is 5.30. The number of benzene rings is 2. The van der Waals surface area contributed by atoms with Crippen molar-refractivity contribution in [2.24, 2.45) is 0 Å². The van der Waals surface area contributed by atoms with Gasteiger partial charge in [0, 0.05) is 42.0 Å². The number of amides is 1. The molecule has 2 heterocycles. The second-order valence-corrected chi connectivity index (χ2v) is 10.6. The topological polar surface area (TPSA) is 69.7 Å². The minimum absolute atomic E-state index is 0.186. The molecular formula is C21H21ClFN3O3S2. The van der Waals surface area contributed by atoms with Crippen molar-refractivity contribution in [2.45, 2.75) is 11.8 Å². The van der Waals surface area contributed by atoms with Crippen molar-refractivity contribution in [2.75, 3.05) is 38.0 Å². The Morgan fingerprint density at radius 2 is 1.81 bits per heavy atom. The maximum absolute atomic E-state index is 13.4. The number of sulfonamides is 1. The number of piperazine rings is 1. The summed E-state index contributed by atoms with van der Waals surface area (Å²) in [5, 5.41) is 3.60. The van der Waals surface area contributed by atoms with Gasteiger partial charge in [-0.05, 0) is 49.0 Å². The summed E-state index contributed by atoms with van der Waals surface area (Å²) in [6, 6.07) is 10.2. The van der Waals surface area contributed by atoms with E-state index in [1.807, 2.05) is 0 Å². The summed E-state index contributed by atoms with van der Waals surface area (Å²) in [6.07, 6.45) is 0. The quantitative estimate of drug-likeness (QED) is 0.590. The molecule has 4 rings (SSSR count). The van der Waals surface area contributed by atoms with Crippen molar-refractivity contribution in [3.8, 4) is 0 Å². The standard InChI is InChI=1S/C21H21ClFN3O3S2/c1-2-25-9-11-26(12-10-25)31(28,29)16-6-4-15(5-7-16)24-21(27)20-19(22)17-8-3-14(23)13-18(17)30-20/h3-8,13H,2,9-12H2,1H3,(H,24,27). The van der Waals surface area contributed by atoms with E-state index >= 15 is 0 Å². The molecule has 0 atom stereocenters. The second-order valence-electron chi connectivity index (χ2n) is 7.20. The van der Waals surface area contributed by atoms with Crippen LogP contribution in [0.1, 0.15) is 16.6 Å². The molecule has 3 aromatic rings. The zero-order valence-corrected chi connectivity index (χ0v) is 19.2. The highest BCUT2D eigenvalue weighted by Crippen LogP contribution is 2.36. The lowest BCUT2D eigenvalue weighted by atomic mass is 10.2. The maximum Gasteiger partial charge on any atom is 0.267 e. The predicted octanol–water partition coefficient (Wildman–Crippen LogP) is 4.27. The van der Waals surface area contributed by atoms with Crippen LogP contribution in [0.25, 0.3) is 10.1 Å². The summed E-state index contributed by atoms with van der Waals surface area (Å²) in [7, 11) is -3.58. The number of fused-ring (bicyclic) bond motifs is 1. The highest BCUT2D eigenvalue weighted by atomic mass is 35.5. The third-order valence-electron chi connectivity index (χ3n) is 5.33. The molecule has 1 aliphatic rings. The Balaban J connectivity index is 1.49. The molecule has 10 heteroatoms. The van der Waals surface area contributed by atoms with Crippen LogP contribution < -0.4 is 5.32 Å². The Labute approximate surface area is 189 Å². The molecule has 164 valence electrons. The summed E-state index contributed by atoms with van der Waals surface area (Å²) >= 11 is 7.40. The van der Waals surface area contributed by atoms with E-state index in [0.29, 0.717) is 42.0 Å². The van der Waals surface area contributed by atoms with Gasteiger partial charge in [0.1, 0.15) is 10.7 Å². The van der Waals surface area contributed by atoms with Crippen LogP contribution in [-0.2, 0) is 10.0 Å². The smallest absolute Gasteiger partial charge is 0.267 e. The van der Waals surface area contributed by atoms with Crippen LogP contribution in [0.2, 0.25) is 5.02 Å². The average Bonchev–Trinajstić information content (AvgIpc) is 3.10. The van der Waals surface area contributed by atoms with E-state index in [9.17, 15) is 17.6 Å². The average molecular weight is 482 g/mol. The van der Waals surface area contributed by atoms with Crippen LogP contribution in [-0.4, -0.2) is 56.3 Å². The van der Waals surface area contributed by atoms with Gasteiger partial charge in [-0.2, -0.15) is 4.31 Å². The number of carbonyl (C=O) groups excluding carboxylic acids is 1. The summed E-state index contributed by atoms with van der Waals surface area (Å²) in [5.74, 6) is -0.830. The Morgan fingerprint density at radius 1 is 1.13 bits per heavy atom. The van der Waals surface area contributed by atoms with Crippen LogP contribution in [0.5, 0.6) is 0 Å². The van der Waals surface area contributed by atoms with E-state index < -0.39 is 21.7 Å². The van der Waals surface area contributed by atoms with Crippen molar-refractivity contribution in [1.29, 1.82) is 0 Å². The fourth-order valence-corrected chi connectivity index (χ4v) is 6.38. The lowest BCUT2D eigenvalue weighted by Gasteiger charge is -2.33. The van der Waals surface area contributed by atoms with Gasteiger partial charge in [0.15, 0.2) is 0 Å². The molecule has 0 unspecified atom stereocenters. The first-order valence-corrected chi connectivity index (χ1v) is 12.4. The van der Waals surface area contributed by atoms with Crippen LogP contribution in [0.15, 0.2) is 47.4 Å². The fraction of sp³-hybridized carbons (Fsp3) is 0.286. The first-order valence-electron chi connectivity index (χ1n) is 9.81. The number of nitrogens with zero attached hydrogens (tertiary/aromatic N) is 2. The van der Waals surface area contributed by atoms with Gasteiger partial charge in [0.05, 0.1) is 9.92 Å². The minimum Gasteiger partial charge on any atom is -0.321 e. The van der Waals surface area contributed by atoms with Gasteiger partial charge in [0.25, 0.3) is 5.91 Å². The normalized spacial score (nSPS) is 16.0. The molecule has 0 spiro atoms. The van der Waals surface area contributed by atoms with Gasteiger partial charge in [-0.25, -0.2) is 12.8 Å². The van der Waals surface area contributed by atoms with E-state index in [2.05, 4.69) is 17.1 Å². The monoisotopic (exact) mass is 481 g/mol. The number of hydrogen-bond donors (Lipinski definition) is 1. The van der Waals surface area contributed by atoms with Crippen LogP contribution >= 0.6 is 22.9 Å². The van der Waals surface area contributed by atoms with Crippen molar-refractivity contribution in [3.05, 3.63) is 58.2 Å². The minimum atomic E-state index is -3.58. The Morgan fingerprint density at radius 3 is 2.45 bits per heavy atom. The van der Waals surface area contributed by atoms with Gasteiger partial charge in [0.2, 0.25) is 10.0 Å². The number of thiophene rings is 1. The zero-order valence-electron chi connectivity index (χ0n) is 16.8. The van der Waals surface area contributed by atoms with Gasteiger partial charge in [-0.15, -0.1) is 11.3 Å². The van der Waals surface area contributed by atoms with Crippen LogP contribution in [0, 0.1) is 5.82 Å². The molecule has 1 aliphatic heterocycles. The van der Waals surface area contributed by atoms with Crippen molar-refractivity contribution < 1.29 is 17.6 Å². The predicted molar refractivity (Wildman–Crippen MR) is 122 cm³/mol. The SMILES string of the molecule is CCN1CCN(S(=O)(=O)c2ccc(NC(=O)c3sc4cc(F)ccc4c3Cl)cc2)CC1. The molecule has 6 nitrogen and oxygen atoms in total. The van der Waals surface area contributed by atoms with E-state index in [0.717, 1.165) is 17.9 Å². The molecule has 0 saturated carbocycles. The molecule has 1 fully saturated rings. The molecule has 0 bridgehead atoms. The molecular weight excluding hydrogens is 461 g/mol. The number of carbonyl (C=O) groups is 1. The lowest BCUT2D eigenvalue weighted by Crippen LogP contribution is -2.48. The molecule has 31 heavy (non-hydrogen) atoms. The molecule has 2 aromatic carbocycles. The van der Waals surface area contributed by atoms with E-state index in [1.54, 1.807) is 18.2 Å². The highest BCUT2D eigenvalue weighted by Gasteiger charge is 2.28. The Hall–Kier alpha value is -2.04. The first-order chi connectivity index (χ1) is 14.8. The fourth-order valence-electron chi connectivity index (χ4n) is 3.52.